The topological polar surface area (TPSA) is 150 Å². The molecule has 0 spiro atoms. The molecule has 6 atom stereocenters. The number of piperidine rings is 1. The van der Waals surface area contributed by atoms with Crippen LogP contribution in [-0.4, -0.2) is 94.6 Å². The zero-order valence-electron chi connectivity index (χ0n) is 29.3. The van der Waals surface area contributed by atoms with E-state index in [1.807, 2.05) is 51.1 Å². The van der Waals surface area contributed by atoms with E-state index in [0.717, 1.165) is 37.5 Å². The van der Waals surface area contributed by atoms with Crippen LogP contribution in [0.25, 0.3) is 0 Å². The summed E-state index contributed by atoms with van der Waals surface area (Å²) in [5.41, 5.74) is 0.451. The first-order valence-corrected chi connectivity index (χ1v) is 19.0. The Morgan fingerprint density at radius 1 is 0.938 bits per heavy atom. The fourth-order valence-electron chi connectivity index (χ4n) is 7.03. The number of sulfone groups is 1. The number of aliphatic hydroxyl groups excluding tert-OH is 1. The SMILES string of the molecule is CC(C)(C)NC(=O)[C@@H]1C[C@@H]2CCCC[C@@H]2CN1C[C@@H](O)[C@H](Cc1ccccc1)NC(=O)[C@@H](NC(=O)Cn1cccc1)C(C)(C)S(C)(=O)=O. The van der Waals surface area contributed by atoms with Gasteiger partial charge in [0.05, 0.1) is 22.9 Å². The molecule has 3 amide bonds. The van der Waals surface area contributed by atoms with Gasteiger partial charge in [-0.15, -0.1) is 0 Å². The van der Waals surface area contributed by atoms with Crippen LogP contribution in [0.5, 0.6) is 0 Å². The molecule has 2 fully saturated rings. The van der Waals surface area contributed by atoms with Gasteiger partial charge in [-0.3, -0.25) is 19.3 Å². The van der Waals surface area contributed by atoms with E-state index in [1.165, 1.54) is 13.8 Å². The fourth-order valence-corrected chi connectivity index (χ4v) is 7.62. The average molecular weight is 686 g/mol. The molecule has 2 heterocycles. The molecule has 1 saturated carbocycles. The van der Waals surface area contributed by atoms with Crippen molar-refractivity contribution in [2.45, 2.75) is 114 Å². The molecule has 266 valence electrons. The number of hydrogen-bond acceptors (Lipinski definition) is 7. The van der Waals surface area contributed by atoms with Crippen molar-refractivity contribution in [3.63, 3.8) is 0 Å². The summed E-state index contributed by atoms with van der Waals surface area (Å²) in [6.07, 6.45) is 8.81. The van der Waals surface area contributed by atoms with Gasteiger partial charge in [0.1, 0.15) is 12.6 Å². The van der Waals surface area contributed by atoms with E-state index in [1.54, 1.807) is 29.1 Å². The van der Waals surface area contributed by atoms with Crippen molar-refractivity contribution in [3.05, 3.63) is 60.4 Å². The Morgan fingerprint density at radius 3 is 2.17 bits per heavy atom. The molecular formula is C36H55N5O6S. The van der Waals surface area contributed by atoms with E-state index in [2.05, 4.69) is 20.9 Å². The highest BCUT2D eigenvalue weighted by molar-refractivity contribution is 7.92. The Balaban J connectivity index is 1.60. The van der Waals surface area contributed by atoms with E-state index < -0.39 is 56.2 Å². The van der Waals surface area contributed by atoms with Gasteiger partial charge in [-0.05, 0) is 83.4 Å². The predicted octanol–water partition coefficient (Wildman–Crippen LogP) is 2.68. The van der Waals surface area contributed by atoms with Gasteiger partial charge >= 0.3 is 0 Å². The van der Waals surface area contributed by atoms with E-state index in [-0.39, 0.29) is 25.4 Å². The molecule has 0 bridgehead atoms. The number of hydrogen-bond donors (Lipinski definition) is 4. The number of aliphatic hydroxyl groups is 1. The van der Waals surface area contributed by atoms with Crippen molar-refractivity contribution in [1.29, 1.82) is 0 Å². The smallest absolute Gasteiger partial charge is 0.244 e. The number of fused-ring (bicyclic) bond motifs is 1. The Bertz CT molecular complexity index is 1490. The van der Waals surface area contributed by atoms with Gasteiger partial charge in [0.15, 0.2) is 9.84 Å². The van der Waals surface area contributed by atoms with Crippen LogP contribution in [0.15, 0.2) is 54.9 Å². The van der Waals surface area contributed by atoms with Gasteiger partial charge in [-0.1, -0.05) is 49.6 Å². The van der Waals surface area contributed by atoms with Gasteiger partial charge in [0, 0.05) is 37.3 Å². The molecule has 1 aromatic carbocycles. The number of nitrogens with zero attached hydrogens (tertiary/aromatic N) is 2. The Kier molecular flexibility index (Phi) is 12.2. The van der Waals surface area contributed by atoms with Crippen LogP contribution in [-0.2, 0) is 37.2 Å². The van der Waals surface area contributed by atoms with Crippen LogP contribution < -0.4 is 16.0 Å². The highest BCUT2D eigenvalue weighted by atomic mass is 32.2. The predicted molar refractivity (Wildman–Crippen MR) is 187 cm³/mol. The summed E-state index contributed by atoms with van der Waals surface area (Å²) in [6.45, 7) is 9.41. The number of likely N-dealkylation sites (tertiary alicyclic amines) is 1. The van der Waals surface area contributed by atoms with Crippen LogP contribution in [0, 0.1) is 11.8 Å². The summed E-state index contributed by atoms with van der Waals surface area (Å²) in [6, 6.07) is 10.3. The molecule has 2 aromatic rings. The van der Waals surface area contributed by atoms with Crippen molar-refractivity contribution in [1.82, 2.24) is 25.4 Å². The molecule has 1 aliphatic heterocycles. The molecule has 1 saturated heterocycles. The maximum atomic E-state index is 14.1. The van der Waals surface area contributed by atoms with E-state index >= 15 is 0 Å². The number of benzene rings is 1. The van der Waals surface area contributed by atoms with Gasteiger partial charge in [-0.25, -0.2) is 8.42 Å². The van der Waals surface area contributed by atoms with Gasteiger partial charge in [-0.2, -0.15) is 0 Å². The molecule has 1 aliphatic carbocycles. The van der Waals surface area contributed by atoms with Gasteiger partial charge in [0.25, 0.3) is 0 Å². The van der Waals surface area contributed by atoms with Crippen molar-refractivity contribution in [3.8, 4) is 0 Å². The van der Waals surface area contributed by atoms with Crippen molar-refractivity contribution < 1.29 is 27.9 Å². The molecule has 1 aromatic heterocycles. The number of amides is 3. The minimum absolute atomic E-state index is 0.0669. The van der Waals surface area contributed by atoms with E-state index in [9.17, 15) is 27.9 Å². The highest BCUT2D eigenvalue weighted by Gasteiger charge is 2.46. The summed E-state index contributed by atoms with van der Waals surface area (Å²) in [4.78, 5) is 42.9. The van der Waals surface area contributed by atoms with Gasteiger partial charge in [0.2, 0.25) is 17.7 Å². The Morgan fingerprint density at radius 2 is 1.56 bits per heavy atom. The minimum atomic E-state index is -3.83. The number of rotatable bonds is 13. The second-order valence-corrected chi connectivity index (χ2v) is 17.9. The number of carbonyl (C=O) groups is 3. The summed E-state index contributed by atoms with van der Waals surface area (Å²) >= 11 is 0. The molecule has 2 aliphatic rings. The largest absolute Gasteiger partial charge is 0.390 e. The summed E-state index contributed by atoms with van der Waals surface area (Å²) in [5, 5.41) is 20.6. The van der Waals surface area contributed by atoms with Crippen molar-refractivity contribution in [2.75, 3.05) is 19.3 Å². The third-order valence-electron chi connectivity index (χ3n) is 10.0. The monoisotopic (exact) mass is 685 g/mol. The lowest BCUT2D eigenvalue weighted by atomic mass is 9.72. The summed E-state index contributed by atoms with van der Waals surface area (Å²) < 4.78 is 25.9. The first-order valence-electron chi connectivity index (χ1n) is 17.1. The molecule has 48 heavy (non-hydrogen) atoms. The zero-order valence-corrected chi connectivity index (χ0v) is 30.1. The molecule has 4 N–H and O–H groups in total. The zero-order chi connectivity index (χ0) is 35.3. The lowest BCUT2D eigenvalue weighted by molar-refractivity contribution is -0.133. The number of aromatic nitrogens is 1. The van der Waals surface area contributed by atoms with Crippen molar-refractivity contribution in [2.24, 2.45) is 11.8 Å². The van der Waals surface area contributed by atoms with Crippen LogP contribution in [0.3, 0.4) is 0 Å². The van der Waals surface area contributed by atoms with Crippen molar-refractivity contribution >= 4 is 27.6 Å². The van der Waals surface area contributed by atoms with E-state index in [0.29, 0.717) is 24.8 Å². The van der Waals surface area contributed by atoms with Crippen LogP contribution >= 0.6 is 0 Å². The quantitative estimate of drug-likeness (QED) is 0.253. The first kappa shape index (κ1) is 37.6. The minimum Gasteiger partial charge on any atom is -0.390 e. The van der Waals surface area contributed by atoms with E-state index in [4.69, 9.17) is 0 Å². The Labute approximate surface area is 286 Å². The lowest BCUT2D eigenvalue weighted by Crippen LogP contribution is -2.64. The number of β-amino-alcohol motifs (C(OH)–C–C–N with tert-alkyl or cyclic N) is 1. The van der Waals surface area contributed by atoms with Gasteiger partial charge < -0.3 is 25.6 Å². The summed E-state index contributed by atoms with van der Waals surface area (Å²) in [5.74, 6) is -0.410. The highest BCUT2D eigenvalue weighted by Crippen LogP contribution is 2.39. The third-order valence-corrected chi connectivity index (χ3v) is 12.2. The van der Waals surface area contributed by atoms with Crippen LogP contribution in [0.2, 0.25) is 0 Å². The number of carbonyl (C=O) groups excluding carboxylic acids is 3. The van der Waals surface area contributed by atoms with Crippen LogP contribution in [0.1, 0.15) is 72.3 Å². The lowest BCUT2D eigenvalue weighted by Gasteiger charge is -2.47. The van der Waals surface area contributed by atoms with Crippen LogP contribution in [0.4, 0.5) is 0 Å². The molecule has 12 heteroatoms. The average Bonchev–Trinajstić information content (AvgIpc) is 3.51. The first-order chi connectivity index (χ1) is 22.4. The maximum absolute atomic E-state index is 14.1. The standard InChI is InChI=1S/C36H55N5O6S/c1-35(2,3)39-33(44)29-21-26-16-10-11-17-27(26)22-41(29)23-30(42)28(20-25-14-8-7-9-15-25)37-34(45)32(36(4,5)48(6,46)47)38-31(43)24-40-18-12-13-19-40/h7-9,12-15,18-19,26-30,32,42H,10-11,16-17,20-24H2,1-6H3,(H,37,45)(H,38,43)(H,39,44)/t26-,27+,28-,29-,30+,32+/m0/s1. The third kappa shape index (κ3) is 9.92. The normalized spacial score (nSPS) is 22.5. The fraction of sp³-hybridized carbons (Fsp3) is 0.639. The molecule has 0 radical (unpaired) electrons. The molecule has 4 rings (SSSR count). The number of nitrogens with one attached hydrogen (secondary N) is 3. The maximum Gasteiger partial charge on any atom is 0.244 e. The summed E-state index contributed by atoms with van der Waals surface area (Å²) in [7, 11) is -3.83. The second kappa shape index (κ2) is 15.6. The molecular weight excluding hydrogens is 630 g/mol. The Hall–Kier alpha value is -3.22. The molecule has 0 unspecified atom stereocenters. The molecule has 11 nitrogen and oxygen atoms in total. The second-order valence-electron chi connectivity index (χ2n) is 15.4.